The summed E-state index contributed by atoms with van der Waals surface area (Å²) in [6, 6.07) is 16.5. The van der Waals surface area contributed by atoms with Crippen LogP contribution in [-0.4, -0.2) is 25.6 Å². The molecule has 1 aromatic carbocycles. The summed E-state index contributed by atoms with van der Waals surface area (Å²) in [7, 11) is 3.96. The van der Waals surface area contributed by atoms with Crippen molar-refractivity contribution in [1.29, 1.82) is 0 Å². The Balaban J connectivity index is 1.97. The maximum atomic E-state index is 4.52. The van der Waals surface area contributed by atoms with E-state index in [1.54, 1.807) is 0 Å². The van der Waals surface area contributed by atoms with Crippen molar-refractivity contribution < 1.29 is 0 Å². The van der Waals surface area contributed by atoms with E-state index in [2.05, 4.69) is 46.5 Å². The summed E-state index contributed by atoms with van der Waals surface area (Å²) < 4.78 is 0. The second-order valence-electron chi connectivity index (χ2n) is 4.29. The first-order valence-electron chi connectivity index (χ1n) is 6.19. The largest absolute Gasteiger partial charge is 0.373 e. The number of rotatable bonds is 5. The minimum absolute atomic E-state index is 0.902. The van der Waals surface area contributed by atoms with E-state index < -0.39 is 0 Å². The molecule has 0 spiro atoms. The quantitative estimate of drug-likeness (QED) is 0.872. The van der Waals surface area contributed by atoms with Gasteiger partial charge >= 0.3 is 0 Å². The first-order chi connectivity index (χ1) is 8.79. The zero-order valence-corrected chi connectivity index (χ0v) is 10.9. The van der Waals surface area contributed by atoms with Crippen LogP contribution in [0.2, 0.25) is 0 Å². The summed E-state index contributed by atoms with van der Waals surface area (Å²) in [4.78, 5) is 6.69. The molecule has 3 heteroatoms. The van der Waals surface area contributed by atoms with Crippen LogP contribution in [-0.2, 0) is 6.42 Å². The standard InChI is InChI=1S/C15H19N3/c1-16-14-9-6-10-15(17-14)18(2)12-11-13-7-4-3-5-8-13/h3-10H,11-12H2,1-2H3,(H,16,17). The van der Waals surface area contributed by atoms with Gasteiger partial charge in [-0.15, -0.1) is 0 Å². The lowest BCUT2D eigenvalue weighted by Crippen LogP contribution is -2.21. The van der Waals surface area contributed by atoms with Gasteiger partial charge in [0.2, 0.25) is 0 Å². The number of aromatic nitrogens is 1. The molecule has 0 saturated heterocycles. The van der Waals surface area contributed by atoms with Gasteiger partial charge in [0.15, 0.2) is 0 Å². The van der Waals surface area contributed by atoms with E-state index in [0.29, 0.717) is 0 Å². The van der Waals surface area contributed by atoms with Crippen molar-refractivity contribution >= 4 is 11.6 Å². The Labute approximate surface area is 108 Å². The summed E-state index contributed by atoms with van der Waals surface area (Å²) in [6.45, 7) is 0.962. The molecule has 0 atom stereocenters. The second kappa shape index (κ2) is 6.05. The lowest BCUT2D eigenvalue weighted by Gasteiger charge is -2.18. The van der Waals surface area contributed by atoms with Crippen LogP contribution >= 0.6 is 0 Å². The maximum Gasteiger partial charge on any atom is 0.130 e. The highest BCUT2D eigenvalue weighted by atomic mass is 15.2. The van der Waals surface area contributed by atoms with Crippen LogP contribution in [0.1, 0.15) is 5.56 Å². The predicted octanol–water partition coefficient (Wildman–Crippen LogP) is 2.80. The third-order valence-corrected chi connectivity index (χ3v) is 2.96. The Morgan fingerprint density at radius 1 is 1.06 bits per heavy atom. The molecule has 0 radical (unpaired) electrons. The summed E-state index contributed by atoms with van der Waals surface area (Å²) in [5, 5.41) is 3.06. The molecule has 0 aliphatic rings. The van der Waals surface area contributed by atoms with Gasteiger partial charge in [0.05, 0.1) is 0 Å². The number of hydrogen-bond donors (Lipinski definition) is 1. The van der Waals surface area contributed by atoms with Gasteiger partial charge in [-0.25, -0.2) is 4.98 Å². The molecule has 0 unspecified atom stereocenters. The van der Waals surface area contributed by atoms with E-state index in [-0.39, 0.29) is 0 Å². The molecular formula is C15H19N3. The SMILES string of the molecule is CNc1cccc(N(C)CCc2ccccc2)n1. The van der Waals surface area contributed by atoms with Crippen LogP contribution in [0.4, 0.5) is 11.6 Å². The van der Waals surface area contributed by atoms with Gasteiger partial charge in [-0.05, 0) is 24.1 Å². The normalized spacial score (nSPS) is 10.1. The zero-order valence-electron chi connectivity index (χ0n) is 10.9. The third-order valence-electron chi connectivity index (χ3n) is 2.96. The topological polar surface area (TPSA) is 28.2 Å². The molecule has 94 valence electrons. The average molecular weight is 241 g/mol. The number of pyridine rings is 1. The van der Waals surface area contributed by atoms with E-state index in [1.165, 1.54) is 5.56 Å². The monoisotopic (exact) mass is 241 g/mol. The first kappa shape index (κ1) is 12.4. The highest BCUT2D eigenvalue weighted by Gasteiger charge is 2.03. The molecule has 0 bridgehead atoms. The van der Waals surface area contributed by atoms with Crippen molar-refractivity contribution in [2.45, 2.75) is 6.42 Å². The molecule has 0 saturated carbocycles. The molecule has 18 heavy (non-hydrogen) atoms. The van der Waals surface area contributed by atoms with Crippen LogP contribution in [0.15, 0.2) is 48.5 Å². The van der Waals surface area contributed by atoms with Crippen LogP contribution in [0.5, 0.6) is 0 Å². The molecule has 0 amide bonds. The molecular weight excluding hydrogens is 222 g/mol. The lowest BCUT2D eigenvalue weighted by molar-refractivity contribution is 0.860. The molecule has 2 rings (SSSR count). The zero-order chi connectivity index (χ0) is 12.8. The number of nitrogens with zero attached hydrogens (tertiary/aromatic N) is 2. The summed E-state index contributed by atoms with van der Waals surface area (Å²) >= 11 is 0. The van der Waals surface area contributed by atoms with Crippen molar-refractivity contribution in [3.63, 3.8) is 0 Å². The average Bonchev–Trinajstić information content (AvgIpc) is 2.46. The van der Waals surface area contributed by atoms with Crippen molar-refractivity contribution in [2.75, 3.05) is 30.9 Å². The summed E-state index contributed by atoms with van der Waals surface area (Å²) in [5.41, 5.74) is 1.36. The Bertz CT molecular complexity index is 482. The van der Waals surface area contributed by atoms with Crippen LogP contribution in [0.3, 0.4) is 0 Å². The maximum absolute atomic E-state index is 4.52. The van der Waals surface area contributed by atoms with Crippen LogP contribution < -0.4 is 10.2 Å². The smallest absolute Gasteiger partial charge is 0.130 e. The number of nitrogens with one attached hydrogen (secondary N) is 1. The summed E-state index contributed by atoms with van der Waals surface area (Å²) in [5.74, 6) is 1.90. The molecule has 3 nitrogen and oxygen atoms in total. The Morgan fingerprint density at radius 3 is 2.56 bits per heavy atom. The van der Waals surface area contributed by atoms with E-state index in [0.717, 1.165) is 24.6 Å². The van der Waals surface area contributed by atoms with E-state index in [1.807, 2.05) is 31.3 Å². The molecule has 0 aliphatic carbocycles. The van der Waals surface area contributed by atoms with Crippen molar-refractivity contribution in [1.82, 2.24) is 4.98 Å². The molecule has 0 fully saturated rings. The fourth-order valence-electron chi connectivity index (χ4n) is 1.83. The Hall–Kier alpha value is -2.03. The number of anilines is 2. The number of likely N-dealkylation sites (N-methyl/N-ethyl adjacent to an activating group) is 1. The minimum Gasteiger partial charge on any atom is -0.373 e. The molecule has 2 aromatic rings. The highest BCUT2D eigenvalue weighted by Crippen LogP contribution is 2.13. The minimum atomic E-state index is 0.902. The molecule has 1 aromatic heterocycles. The van der Waals surface area contributed by atoms with Gasteiger partial charge in [-0.3, -0.25) is 0 Å². The van der Waals surface area contributed by atoms with E-state index in [4.69, 9.17) is 0 Å². The van der Waals surface area contributed by atoms with E-state index in [9.17, 15) is 0 Å². The first-order valence-corrected chi connectivity index (χ1v) is 6.19. The Kier molecular flexibility index (Phi) is 4.18. The van der Waals surface area contributed by atoms with Gasteiger partial charge in [0, 0.05) is 20.6 Å². The van der Waals surface area contributed by atoms with Gasteiger partial charge in [0.25, 0.3) is 0 Å². The molecule has 1 heterocycles. The lowest BCUT2D eigenvalue weighted by atomic mass is 10.1. The van der Waals surface area contributed by atoms with Crippen molar-refractivity contribution in [2.24, 2.45) is 0 Å². The fraction of sp³-hybridized carbons (Fsp3) is 0.267. The summed E-state index contributed by atoms with van der Waals surface area (Å²) in [6.07, 6.45) is 1.03. The van der Waals surface area contributed by atoms with Gasteiger partial charge in [-0.2, -0.15) is 0 Å². The highest BCUT2D eigenvalue weighted by molar-refractivity contribution is 5.46. The van der Waals surface area contributed by atoms with Gasteiger partial charge in [-0.1, -0.05) is 36.4 Å². The molecule has 1 N–H and O–H groups in total. The van der Waals surface area contributed by atoms with Crippen molar-refractivity contribution in [3.8, 4) is 0 Å². The van der Waals surface area contributed by atoms with Gasteiger partial charge < -0.3 is 10.2 Å². The molecule has 0 aliphatic heterocycles. The third kappa shape index (κ3) is 3.23. The van der Waals surface area contributed by atoms with Gasteiger partial charge in [0.1, 0.15) is 11.6 Å². The second-order valence-corrected chi connectivity index (χ2v) is 4.29. The van der Waals surface area contributed by atoms with E-state index >= 15 is 0 Å². The number of benzene rings is 1. The predicted molar refractivity (Wildman–Crippen MR) is 77.2 cm³/mol. The van der Waals surface area contributed by atoms with Crippen molar-refractivity contribution in [3.05, 3.63) is 54.1 Å². The number of hydrogen-bond acceptors (Lipinski definition) is 3. The fourth-order valence-corrected chi connectivity index (χ4v) is 1.83. The Morgan fingerprint density at radius 2 is 1.83 bits per heavy atom. The van der Waals surface area contributed by atoms with Crippen LogP contribution in [0.25, 0.3) is 0 Å². The van der Waals surface area contributed by atoms with Crippen LogP contribution in [0, 0.1) is 0 Å².